The van der Waals surface area contributed by atoms with Gasteiger partial charge in [0.05, 0.1) is 28.4 Å². The van der Waals surface area contributed by atoms with Crippen LogP contribution in [0.5, 0.6) is 0 Å². The van der Waals surface area contributed by atoms with Gasteiger partial charge in [-0.3, -0.25) is 9.82 Å². The number of nitrogens with one attached hydrogen (secondary N) is 3. The molecule has 2 fully saturated rings. The topological polar surface area (TPSA) is 230 Å². The van der Waals surface area contributed by atoms with Gasteiger partial charge in [-0.1, -0.05) is 0 Å². The van der Waals surface area contributed by atoms with Crippen LogP contribution in [0.3, 0.4) is 0 Å². The second-order valence-electron chi connectivity index (χ2n) is 10.9. The van der Waals surface area contributed by atoms with Crippen molar-refractivity contribution in [2.24, 2.45) is 17.2 Å². The van der Waals surface area contributed by atoms with Crippen molar-refractivity contribution in [2.75, 3.05) is 46.0 Å². The third-order valence-electron chi connectivity index (χ3n) is 7.27. The van der Waals surface area contributed by atoms with Crippen LogP contribution < -0.4 is 37.0 Å². The van der Waals surface area contributed by atoms with Crippen molar-refractivity contribution in [2.45, 2.75) is 42.0 Å². The van der Waals surface area contributed by atoms with Crippen molar-refractivity contribution in [1.82, 2.24) is 25.1 Å². The zero-order valence-electron chi connectivity index (χ0n) is 23.2. The average molecular weight is 631 g/mol. The van der Waals surface area contributed by atoms with E-state index < -0.39 is 16.1 Å². The molecule has 4 atom stereocenters. The summed E-state index contributed by atoms with van der Waals surface area (Å²) in [5.41, 5.74) is 20.3. The van der Waals surface area contributed by atoms with E-state index in [9.17, 15) is 13.5 Å². The lowest BCUT2D eigenvalue weighted by molar-refractivity contribution is 0.144. The van der Waals surface area contributed by atoms with E-state index >= 15 is 0 Å². The third kappa shape index (κ3) is 7.06. The molecule has 4 heterocycles. The molecule has 0 amide bonds. The Morgan fingerprint density at radius 3 is 2.09 bits per heavy atom. The lowest BCUT2D eigenvalue weighted by atomic mass is 10.0. The molecule has 15 nitrogen and oxygen atoms in total. The summed E-state index contributed by atoms with van der Waals surface area (Å²) in [5, 5.41) is 21.1. The number of β-amino-alcohol motifs (C(OH)–C–C–N with tert-alkyl or cyclic N) is 1. The molecule has 2 saturated heterocycles. The normalized spacial score (nSPS) is 22.7. The smallest absolute Gasteiger partial charge is 0.261 e. The Labute approximate surface area is 254 Å². The highest BCUT2D eigenvalue weighted by Crippen LogP contribution is 2.26. The molecule has 43 heavy (non-hydrogen) atoms. The SMILES string of the molecule is Cl.N[C@@H]1C[C@H](N)CN(c2nc(Nc3ccc(S(=O)(=O)Nc4ccc5cn[nH]c5c4)cc3)nc(N3C[C@H](N)C[C@H](O)C3)n2)C1. The van der Waals surface area contributed by atoms with Gasteiger partial charge in [0.1, 0.15) is 0 Å². The zero-order valence-corrected chi connectivity index (χ0v) is 24.8. The number of rotatable bonds is 7. The van der Waals surface area contributed by atoms with E-state index in [1.54, 1.807) is 36.5 Å². The summed E-state index contributed by atoms with van der Waals surface area (Å²) in [6, 6.07) is 10.9. The minimum Gasteiger partial charge on any atom is -0.391 e. The summed E-state index contributed by atoms with van der Waals surface area (Å²) >= 11 is 0. The van der Waals surface area contributed by atoms with Crippen molar-refractivity contribution in [3.63, 3.8) is 0 Å². The molecule has 2 aliphatic rings. The molecule has 4 aromatic rings. The van der Waals surface area contributed by atoms with Gasteiger partial charge in [-0.25, -0.2) is 8.42 Å². The number of aliphatic hydroxyl groups is 1. The van der Waals surface area contributed by atoms with Crippen molar-refractivity contribution in [1.29, 1.82) is 0 Å². The first-order valence-corrected chi connectivity index (χ1v) is 15.1. The number of aliphatic hydroxyl groups excluding tert-OH is 1. The van der Waals surface area contributed by atoms with Crippen LogP contribution in [0.25, 0.3) is 10.9 Å². The van der Waals surface area contributed by atoms with Gasteiger partial charge in [0.2, 0.25) is 17.8 Å². The van der Waals surface area contributed by atoms with E-state index in [1.165, 1.54) is 12.1 Å². The average Bonchev–Trinajstić information content (AvgIpc) is 3.40. The van der Waals surface area contributed by atoms with Crippen LogP contribution in [0.15, 0.2) is 53.6 Å². The summed E-state index contributed by atoms with van der Waals surface area (Å²) < 4.78 is 28.7. The number of benzene rings is 2. The van der Waals surface area contributed by atoms with Crippen LogP contribution in [0.4, 0.5) is 29.2 Å². The van der Waals surface area contributed by atoms with Gasteiger partial charge in [-0.15, -0.1) is 12.4 Å². The lowest BCUT2D eigenvalue weighted by Crippen LogP contribution is -2.53. The van der Waals surface area contributed by atoms with Crippen LogP contribution in [0.1, 0.15) is 12.8 Å². The third-order valence-corrected chi connectivity index (χ3v) is 8.67. The van der Waals surface area contributed by atoms with Crippen molar-refractivity contribution in [3.8, 4) is 0 Å². The van der Waals surface area contributed by atoms with Crippen LogP contribution in [-0.2, 0) is 10.0 Å². The van der Waals surface area contributed by atoms with E-state index in [0.717, 1.165) is 10.9 Å². The zero-order chi connectivity index (χ0) is 29.4. The molecule has 2 aliphatic heterocycles. The monoisotopic (exact) mass is 630 g/mol. The molecule has 10 N–H and O–H groups in total. The van der Waals surface area contributed by atoms with Crippen molar-refractivity contribution >= 4 is 62.6 Å². The number of halogens is 1. The Morgan fingerprint density at radius 2 is 1.44 bits per heavy atom. The number of hydrogen-bond acceptors (Lipinski definition) is 13. The summed E-state index contributed by atoms with van der Waals surface area (Å²) in [6.07, 6.45) is 2.26. The number of H-pyrrole nitrogens is 1. The Morgan fingerprint density at radius 1 is 0.837 bits per heavy atom. The number of piperidine rings is 2. The first-order chi connectivity index (χ1) is 20.1. The fraction of sp³-hybridized carbons (Fsp3) is 0.385. The largest absolute Gasteiger partial charge is 0.391 e. The summed E-state index contributed by atoms with van der Waals surface area (Å²) in [6.45, 7) is 1.88. The molecule has 0 radical (unpaired) electrons. The van der Waals surface area contributed by atoms with Crippen molar-refractivity contribution in [3.05, 3.63) is 48.7 Å². The highest BCUT2D eigenvalue weighted by atomic mass is 35.5. The maximum Gasteiger partial charge on any atom is 0.261 e. The number of anilines is 5. The standard InChI is InChI=1S/C26H34N12O3S.ClH/c27-16-7-17(28)12-37(11-16)25-32-24(33-26(34-25)38-13-18(29)8-21(39)14-38)31-19-3-5-22(6-4-19)42(40,41)36-20-2-1-15-10-30-35-23(15)9-20;/h1-6,9-10,16-18,21,36,39H,7-8,11-14,27-29H2,(H,30,35)(H,31,32,33,34);1H/t16-,17+,18-,21+;/m1./s1. The minimum atomic E-state index is -3.84. The number of fused-ring (bicyclic) bond motifs is 1. The number of nitrogens with zero attached hydrogens (tertiary/aromatic N) is 6. The van der Waals surface area contributed by atoms with Gasteiger partial charge in [0.15, 0.2) is 0 Å². The van der Waals surface area contributed by atoms with Gasteiger partial charge in [0, 0.05) is 55.4 Å². The van der Waals surface area contributed by atoms with Gasteiger partial charge in [0.25, 0.3) is 10.0 Å². The first kappa shape index (κ1) is 30.7. The second kappa shape index (κ2) is 12.4. The Balaban J connectivity index is 0.00000368. The lowest BCUT2D eigenvalue weighted by Gasteiger charge is -2.36. The Kier molecular flexibility index (Phi) is 8.86. The van der Waals surface area contributed by atoms with Crippen LogP contribution >= 0.6 is 12.4 Å². The van der Waals surface area contributed by atoms with E-state index in [0.29, 0.717) is 62.3 Å². The number of aromatic nitrogens is 5. The fourth-order valence-electron chi connectivity index (χ4n) is 5.37. The van der Waals surface area contributed by atoms with E-state index in [1.807, 2.05) is 9.80 Å². The van der Waals surface area contributed by atoms with Crippen LogP contribution in [0, 0.1) is 0 Å². The Hall–Kier alpha value is -3.80. The first-order valence-electron chi connectivity index (χ1n) is 13.6. The summed E-state index contributed by atoms with van der Waals surface area (Å²) in [4.78, 5) is 17.8. The maximum atomic E-state index is 13.0. The van der Waals surface area contributed by atoms with Crippen molar-refractivity contribution < 1.29 is 13.5 Å². The highest BCUT2D eigenvalue weighted by molar-refractivity contribution is 7.92. The molecule has 230 valence electrons. The summed E-state index contributed by atoms with van der Waals surface area (Å²) in [5.74, 6) is 1.01. The molecule has 0 aliphatic carbocycles. The second-order valence-corrected chi connectivity index (χ2v) is 12.6. The number of sulfonamides is 1. The van der Waals surface area contributed by atoms with E-state index in [2.05, 4.69) is 35.2 Å². The van der Waals surface area contributed by atoms with E-state index in [-0.39, 0.29) is 41.4 Å². The summed E-state index contributed by atoms with van der Waals surface area (Å²) in [7, 11) is -3.84. The molecule has 0 unspecified atom stereocenters. The van der Waals surface area contributed by atoms with Gasteiger partial charge in [-0.05, 0) is 55.3 Å². The van der Waals surface area contributed by atoms with Gasteiger partial charge < -0.3 is 37.4 Å². The van der Waals surface area contributed by atoms with Gasteiger partial charge in [-0.2, -0.15) is 20.1 Å². The molecule has 0 bridgehead atoms. The fourth-order valence-corrected chi connectivity index (χ4v) is 6.42. The molecule has 0 spiro atoms. The van der Waals surface area contributed by atoms with Crippen LogP contribution in [-0.4, -0.2) is 89.1 Å². The Bertz CT molecular complexity index is 1610. The molecule has 6 rings (SSSR count). The molecular weight excluding hydrogens is 596 g/mol. The maximum absolute atomic E-state index is 13.0. The minimum absolute atomic E-state index is 0. The molecule has 2 aromatic carbocycles. The number of hydrogen-bond donors (Lipinski definition) is 7. The molecular formula is C26H35ClN12O3S. The number of aromatic amines is 1. The van der Waals surface area contributed by atoms with Crippen LogP contribution in [0.2, 0.25) is 0 Å². The quantitative estimate of drug-likeness (QED) is 0.147. The predicted molar refractivity (Wildman–Crippen MR) is 167 cm³/mol. The van der Waals surface area contributed by atoms with Gasteiger partial charge >= 0.3 is 0 Å². The molecule has 17 heteroatoms. The molecule has 0 saturated carbocycles. The highest BCUT2D eigenvalue weighted by Gasteiger charge is 2.29. The van der Waals surface area contributed by atoms with E-state index in [4.69, 9.17) is 17.2 Å². The number of nitrogens with two attached hydrogens (primary N) is 3. The molecule has 2 aromatic heterocycles. The predicted octanol–water partition coefficient (Wildman–Crippen LogP) is 0.477.